The lowest BCUT2D eigenvalue weighted by Crippen LogP contribution is -2.04. The van der Waals surface area contributed by atoms with Crippen molar-refractivity contribution in [1.29, 1.82) is 0 Å². The van der Waals surface area contributed by atoms with E-state index in [1.165, 1.54) is 16.8 Å². The van der Waals surface area contributed by atoms with Crippen molar-refractivity contribution in [1.82, 2.24) is 15.0 Å². The molecule has 0 unspecified atom stereocenters. The number of hydrogen-bond donors (Lipinski definition) is 1. The Hall–Kier alpha value is -2.89. The Kier molecular flexibility index (Phi) is 3.50. The van der Waals surface area contributed by atoms with Crippen molar-refractivity contribution in [3.63, 3.8) is 0 Å². The maximum Gasteiger partial charge on any atom is 0.156 e. The van der Waals surface area contributed by atoms with Crippen LogP contribution < -0.4 is 10.5 Å². The average Bonchev–Trinajstić information content (AvgIpc) is 2.89. The summed E-state index contributed by atoms with van der Waals surface area (Å²) in [6.45, 7) is 1.97. The fraction of sp³-hybridized carbons (Fsp3) is 0.125. The smallest absolute Gasteiger partial charge is 0.156 e. The molecule has 0 bridgehead atoms. The second kappa shape index (κ2) is 5.48. The second-order valence-electron chi connectivity index (χ2n) is 4.92. The molecule has 0 aliphatic rings. The Morgan fingerprint density at radius 1 is 1.14 bits per heavy atom. The molecule has 0 aliphatic carbocycles. The van der Waals surface area contributed by atoms with Gasteiger partial charge in [-0.25, -0.2) is 4.39 Å². The Morgan fingerprint density at radius 2 is 1.86 bits per heavy atom. The van der Waals surface area contributed by atoms with Crippen molar-refractivity contribution in [3.8, 4) is 22.7 Å². The third-order valence-electron chi connectivity index (χ3n) is 3.39. The molecule has 0 amide bonds. The van der Waals surface area contributed by atoms with Crippen LogP contribution in [-0.2, 0) is 0 Å². The molecule has 2 N–H and O–H groups in total. The molecule has 112 valence electrons. The topological polar surface area (TPSA) is 66.0 Å². The number of hydrogen-bond acceptors (Lipinski definition) is 4. The lowest BCUT2D eigenvalue weighted by Gasteiger charge is -2.10. The van der Waals surface area contributed by atoms with Gasteiger partial charge in [0, 0.05) is 5.56 Å². The van der Waals surface area contributed by atoms with Crippen LogP contribution in [-0.4, -0.2) is 22.1 Å². The third-order valence-corrected chi connectivity index (χ3v) is 3.39. The second-order valence-corrected chi connectivity index (χ2v) is 4.92. The van der Waals surface area contributed by atoms with E-state index in [2.05, 4.69) is 10.3 Å². The van der Waals surface area contributed by atoms with Gasteiger partial charge in [-0.1, -0.05) is 11.3 Å². The van der Waals surface area contributed by atoms with Crippen molar-refractivity contribution < 1.29 is 9.13 Å². The Balaban J connectivity index is 2.11. The van der Waals surface area contributed by atoms with Gasteiger partial charge >= 0.3 is 0 Å². The van der Waals surface area contributed by atoms with E-state index < -0.39 is 0 Å². The molecular weight excluding hydrogens is 283 g/mol. The number of ether oxygens (including phenoxy) is 1. The Morgan fingerprint density at radius 3 is 2.55 bits per heavy atom. The quantitative estimate of drug-likeness (QED) is 0.807. The summed E-state index contributed by atoms with van der Waals surface area (Å²) in [5.41, 5.74) is 9.14. The Bertz CT molecular complexity index is 812. The van der Waals surface area contributed by atoms with Crippen molar-refractivity contribution in [2.75, 3.05) is 12.8 Å². The molecule has 0 spiro atoms. The van der Waals surface area contributed by atoms with Crippen LogP contribution in [0.4, 0.5) is 10.2 Å². The first-order valence-corrected chi connectivity index (χ1v) is 6.72. The molecule has 2 aromatic carbocycles. The van der Waals surface area contributed by atoms with Crippen molar-refractivity contribution in [3.05, 3.63) is 53.8 Å². The molecule has 1 heterocycles. The summed E-state index contributed by atoms with van der Waals surface area (Å²) in [5, 5.41) is 8.21. The number of aryl methyl sites for hydroxylation is 1. The van der Waals surface area contributed by atoms with Gasteiger partial charge in [-0.2, -0.15) is 4.68 Å². The van der Waals surface area contributed by atoms with Crippen LogP contribution in [0.1, 0.15) is 5.56 Å². The molecule has 3 rings (SSSR count). The van der Waals surface area contributed by atoms with E-state index >= 15 is 0 Å². The summed E-state index contributed by atoms with van der Waals surface area (Å²) in [6.07, 6.45) is 0. The number of benzene rings is 2. The zero-order valence-corrected chi connectivity index (χ0v) is 12.2. The minimum Gasteiger partial charge on any atom is -0.494 e. The predicted octanol–water partition coefficient (Wildman–Crippen LogP) is 2.97. The fourth-order valence-corrected chi connectivity index (χ4v) is 2.25. The first-order valence-electron chi connectivity index (χ1n) is 6.72. The number of nitrogens with two attached hydrogens (primary N) is 1. The van der Waals surface area contributed by atoms with Crippen LogP contribution in [0.5, 0.6) is 5.75 Å². The number of nitrogens with zero attached hydrogens (tertiary/aromatic N) is 3. The highest BCUT2D eigenvalue weighted by Gasteiger charge is 2.16. The van der Waals surface area contributed by atoms with Crippen LogP contribution in [0.25, 0.3) is 16.9 Å². The van der Waals surface area contributed by atoms with Crippen LogP contribution in [0, 0.1) is 12.7 Å². The summed E-state index contributed by atoms with van der Waals surface area (Å²) < 4.78 is 19.9. The summed E-state index contributed by atoms with van der Waals surface area (Å²) in [7, 11) is 1.59. The van der Waals surface area contributed by atoms with E-state index in [1.807, 2.05) is 25.1 Å². The first kappa shape index (κ1) is 14.1. The van der Waals surface area contributed by atoms with Gasteiger partial charge in [-0.15, -0.1) is 5.10 Å². The van der Waals surface area contributed by atoms with E-state index in [0.717, 1.165) is 5.56 Å². The van der Waals surface area contributed by atoms with Gasteiger partial charge in [0.2, 0.25) is 0 Å². The number of rotatable bonds is 3. The van der Waals surface area contributed by atoms with E-state index in [1.54, 1.807) is 19.2 Å². The SMILES string of the molecule is COc1ccc(C)cc1-n1nnc(-c2ccc(F)cc2)c1N. The van der Waals surface area contributed by atoms with Gasteiger partial charge in [-0.3, -0.25) is 0 Å². The molecule has 1 aromatic heterocycles. The standard InChI is InChI=1S/C16H15FN4O/c1-10-3-8-14(22-2)13(9-10)21-16(18)15(19-20-21)11-4-6-12(17)7-5-11/h3-9H,18H2,1-2H3. The molecule has 6 heteroatoms. The number of nitrogen functional groups attached to an aromatic ring is 1. The lowest BCUT2D eigenvalue weighted by atomic mass is 10.1. The van der Waals surface area contributed by atoms with Gasteiger partial charge in [-0.05, 0) is 48.9 Å². The summed E-state index contributed by atoms with van der Waals surface area (Å²) >= 11 is 0. The zero-order valence-electron chi connectivity index (χ0n) is 12.2. The minimum atomic E-state index is -0.310. The van der Waals surface area contributed by atoms with Gasteiger partial charge in [0.15, 0.2) is 5.82 Å². The van der Waals surface area contributed by atoms with Gasteiger partial charge in [0.25, 0.3) is 0 Å². The zero-order chi connectivity index (χ0) is 15.7. The number of aromatic nitrogens is 3. The predicted molar refractivity (Wildman–Crippen MR) is 82.5 cm³/mol. The van der Waals surface area contributed by atoms with Crippen LogP contribution >= 0.6 is 0 Å². The highest BCUT2D eigenvalue weighted by Crippen LogP contribution is 2.30. The summed E-state index contributed by atoms with van der Waals surface area (Å²) in [6, 6.07) is 11.7. The molecule has 0 aliphatic heterocycles. The molecule has 3 aromatic rings. The maximum absolute atomic E-state index is 13.0. The summed E-state index contributed by atoms with van der Waals surface area (Å²) in [5.74, 6) is 0.707. The molecule has 0 saturated heterocycles. The van der Waals surface area contributed by atoms with Gasteiger partial charge in [0.05, 0.1) is 7.11 Å². The largest absolute Gasteiger partial charge is 0.494 e. The van der Waals surface area contributed by atoms with Crippen LogP contribution in [0.3, 0.4) is 0 Å². The highest BCUT2D eigenvalue weighted by molar-refractivity contribution is 5.71. The molecule has 5 nitrogen and oxygen atoms in total. The van der Waals surface area contributed by atoms with E-state index in [4.69, 9.17) is 10.5 Å². The van der Waals surface area contributed by atoms with Gasteiger partial charge in [0.1, 0.15) is 22.9 Å². The molecular formula is C16H15FN4O. The molecule has 0 fully saturated rings. The molecule has 0 atom stereocenters. The third kappa shape index (κ3) is 2.39. The van der Waals surface area contributed by atoms with E-state index in [9.17, 15) is 4.39 Å². The average molecular weight is 298 g/mol. The molecule has 0 saturated carbocycles. The molecule has 0 radical (unpaired) electrons. The maximum atomic E-state index is 13.0. The number of halogens is 1. The van der Waals surface area contributed by atoms with E-state index in [-0.39, 0.29) is 5.82 Å². The Labute approximate surface area is 127 Å². The minimum absolute atomic E-state index is 0.310. The van der Waals surface area contributed by atoms with Gasteiger partial charge < -0.3 is 10.5 Å². The van der Waals surface area contributed by atoms with Crippen molar-refractivity contribution >= 4 is 5.82 Å². The van der Waals surface area contributed by atoms with Crippen molar-refractivity contribution in [2.24, 2.45) is 0 Å². The van der Waals surface area contributed by atoms with E-state index in [0.29, 0.717) is 28.5 Å². The lowest BCUT2D eigenvalue weighted by molar-refractivity contribution is 0.411. The monoisotopic (exact) mass is 298 g/mol. The number of methoxy groups -OCH3 is 1. The van der Waals surface area contributed by atoms with Crippen molar-refractivity contribution in [2.45, 2.75) is 6.92 Å². The molecule has 22 heavy (non-hydrogen) atoms. The fourth-order valence-electron chi connectivity index (χ4n) is 2.25. The van der Waals surface area contributed by atoms with Crippen LogP contribution in [0.15, 0.2) is 42.5 Å². The van der Waals surface area contributed by atoms with Crippen LogP contribution in [0.2, 0.25) is 0 Å². The first-order chi connectivity index (χ1) is 10.6. The number of anilines is 1. The normalized spacial score (nSPS) is 10.7. The highest BCUT2D eigenvalue weighted by atomic mass is 19.1. The summed E-state index contributed by atoms with van der Waals surface area (Å²) in [4.78, 5) is 0.